The molecule has 120 valence electrons. The molecule has 0 saturated carbocycles. The highest BCUT2D eigenvalue weighted by Crippen LogP contribution is 2.33. The van der Waals surface area contributed by atoms with Crippen LogP contribution in [0.2, 0.25) is 0 Å². The van der Waals surface area contributed by atoms with Gasteiger partial charge < -0.3 is 5.32 Å². The molecule has 1 atom stereocenters. The number of benzene rings is 1. The van der Waals surface area contributed by atoms with E-state index >= 15 is 0 Å². The van der Waals surface area contributed by atoms with Gasteiger partial charge in [-0.05, 0) is 49.3 Å². The van der Waals surface area contributed by atoms with Gasteiger partial charge in [0.15, 0.2) is 11.6 Å². The third-order valence-electron chi connectivity index (χ3n) is 4.33. The second-order valence-corrected chi connectivity index (χ2v) is 6.02. The number of nitrogens with one attached hydrogen (secondary N) is 1. The molecule has 0 bridgehead atoms. The Bertz CT molecular complexity index is 420. The first-order valence-electron chi connectivity index (χ1n) is 8.22. The maximum atomic E-state index is 14.0. The van der Waals surface area contributed by atoms with Crippen molar-refractivity contribution in [2.75, 3.05) is 13.1 Å². The van der Waals surface area contributed by atoms with Crippen LogP contribution in [0.3, 0.4) is 0 Å². The Morgan fingerprint density at radius 3 is 2.48 bits per heavy atom. The Morgan fingerprint density at radius 1 is 1.10 bits per heavy atom. The molecule has 1 unspecified atom stereocenters. The Hall–Kier alpha value is -0.960. The largest absolute Gasteiger partial charge is 0.316 e. The van der Waals surface area contributed by atoms with Crippen molar-refractivity contribution in [2.24, 2.45) is 5.41 Å². The van der Waals surface area contributed by atoms with E-state index in [1.807, 2.05) is 0 Å². The van der Waals surface area contributed by atoms with E-state index in [0.29, 0.717) is 12.0 Å². The minimum atomic E-state index is -0.741. The van der Waals surface area contributed by atoms with Crippen molar-refractivity contribution in [2.45, 2.75) is 59.3 Å². The van der Waals surface area contributed by atoms with Gasteiger partial charge in [0.05, 0.1) is 0 Å². The van der Waals surface area contributed by atoms with E-state index in [0.717, 1.165) is 45.2 Å². The van der Waals surface area contributed by atoms with E-state index in [2.05, 4.69) is 26.1 Å². The van der Waals surface area contributed by atoms with E-state index in [1.165, 1.54) is 6.07 Å². The van der Waals surface area contributed by atoms with Gasteiger partial charge in [-0.2, -0.15) is 0 Å². The maximum Gasteiger partial charge on any atom is 0.162 e. The Balaban J connectivity index is 2.90. The second kappa shape index (κ2) is 9.14. The summed E-state index contributed by atoms with van der Waals surface area (Å²) in [6.07, 6.45) is 5.96. The van der Waals surface area contributed by atoms with Gasteiger partial charge in [0.25, 0.3) is 0 Å². The minimum Gasteiger partial charge on any atom is -0.316 e. The Labute approximate surface area is 128 Å². The molecule has 0 aromatic heterocycles. The molecule has 0 fully saturated rings. The summed E-state index contributed by atoms with van der Waals surface area (Å²) in [4.78, 5) is 0. The summed E-state index contributed by atoms with van der Waals surface area (Å²) in [6, 6.07) is 4.51. The lowest BCUT2D eigenvalue weighted by molar-refractivity contribution is 0.226. The molecule has 21 heavy (non-hydrogen) atoms. The van der Waals surface area contributed by atoms with E-state index in [1.54, 1.807) is 12.1 Å². The van der Waals surface area contributed by atoms with E-state index in [-0.39, 0.29) is 5.41 Å². The van der Waals surface area contributed by atoms with Crippen LogP contribution in [0.1, 0.15) is 58.4 Å². The van der Waals surface area contributed by atoms with Crippen LogP contribution < -0.4 is 5.32 Å². The fraction of sp³-hybridized carbons (Fsp3) is 0.667. The van der Waals surface area contributed by atoms with Crippen molar-refractivity contribution < 1.29 is 8.78 Å². The number of halogens is 2. The predicted octanol–water partition coefficient (Wildman–Crippen LogP) is 5.09. The molecule has 1 rings (SSSR count). The van der Waals surface area contributed by atoms with Crippen LogP contribution in [0, 0.1) is 17.0 Å². The first-order valence-corrected chi connectivity index (χ1v) is 8.22. The van der Waals surface area contributed by atoms with E-state index in [4.69, 9.17) is 0 Å². The fourth-order valence-corrected chi connectivity index (χ4v) is 2.84. The smallest absolute Gasteiger partial charge is 0.162 e. The van der Waals surface area contributed by atoms with Gasteiger partial charge in [-0.3, -0.25) is 0 Å². The average molecular weight is 297 g/mol. The molecule has 1 N–H and O–H groups in total. The maximum absolute atomic E-state index is 14.0. The highest BCUT2D eigenvalue weighted by Gasteiger charge is 2.29. The first kappa shape index (κ1) is 18.1. The summed E-state index contributed by atoms with van der Waals surface area (Å²) in [5, 5.41) is 3.47. The van der Waals surface area contributed by atoms with Crippen molar-refractivity contribution in [1.29, 1.82) is 0 Å². The van der Waals surface area contributed by atoms with Crippen LogP contribution in [0.4, 0.5) is 8.78 Å². The quantitative estimate of drug-likeness (QED) is 0.593. The second-order valence-electron chi connectivity index (χ2n) is 6.02. The van der Waals surface area contributed by atoms with Crippen molar-refractivity contribution in [3.05, 3.63) is 35.4 Å². The SMILES string of the molecule is CCCCC(CC)(CNCCC)Cc1cccc(F)c1F. The molecule has 1 aromatic carbocycles. The monoisotopic (exact) mass is 297 g/mol. The third kappa shape index (κ3) is 5.39. The summed E-state index contributed by atoms with van der Waals surface area (Å²) in [7, 11) is 0. The zero-order chi connectivity index (χ0) is 15.7. The van der Waals surface area contributed by atoms with E-state index in [9.17, 15) is 8.78 Å². The van der Waals surface area contributed by atoms with Crippen LogP contribution >= 0.6 is 0 Å². The highest BCUT2D eigenvalue weighted by molar-refractivity contribution is 5.20. The molecule has 0 saturated heterocycles. The van der Waals surface area contributed by atoms with Gasteiger partial charge in [-0.1, -0.05) is 45.7 Å². The third-order valence-corrected chi connectivity index (χ3v) is 4.33. The van der Waals surface area contributed by atoms with Crippen LogP contribution in [0.5, 0.6) is 0 Å². The van der Waals surface area contributed by atoms with Gasteiger partial charge in [0, 0.05) is 6.54 Å². The molecule has 0 aliphatic heterocycles. The molecule has 0 aliphatic rings. The predicted molar refractivity (Wildman–Crippen MR) is 85.5 cm³/mol. The minimum absolute atomic E-state index is 0.0137. The number of rotatable bonds is 10. The summed E-state index contributed by atoms with van der Waals surface area (Å²) in [6.45, 7) is 8.30. The zero-order valence-corrected chi connectivity index (χ0v) is 13.6. The zero-order valence-electron chi connectivity index (χ0n) is 13.6. The normalized spacial score (nSPS) is 14.1. The van der Waals surface area contributed by atoms with Gasteiger partial charge >= 0.3 is 0 Å². The van der Waals surface area contributed by atoms with E-state index < -0.39 is 11.6 Å². The van der Waals surface area contributed by atoms with Gasteiger partial charge in [0.1, 0.15) is 0 Å². The number of hydrogen-bond acceptors (Lipinski definition) is 1. The van der Waals surface area contributed by atoms with Crippen molar-refractivity contribution >= 4 is 0 Å². The molecule has 0 amide bonds. The molecular weight excluding hydrogens is 268 g/mol. The molecule has 3 heteroatoms. The summed E-state index contributed by atoms with van der Waals surface area (Å²) in [5.74, 6) is -1.42. The van der Waals surface area contributed by atoms with Gasteiger partial charge in [0.2, 0.25) is 0 Å². The molecule has 0 aliphatic carbocycles. The topological polar surface area (TPSA) is 12.0 Å². The molecule has 0 spiro atoms. The lowest BCUT2D eigenvalue weighted by Gasteiger charge is -2.34. The van der Waals surface area contributed by atoms with Crippen molar-refractivity contribution in [1.82, 2.24) is 5.32 Å². The standard InChI is InChI=1S/C18H29F2N/c1-4-7-11-18(6-3,14-21-12-5-2)13-15-9-8-10-16(19)17(15)20/h8-10,21H,4-7,11-14H2,1-3H3. The average Bonchev–Trinajstić information content (AvgIpc) is 2.49. The molecular formula is C18H29F2N. The fourth-order valence-electron chi connectivity index (χ4n) is 2.84. The molecule has 0 heterocycles. The van der Waals surface area contributed by atoms with Crippen molar-refractivity contribution in [3.8, 4) is 0 Å². The number of hydrogen-bond donors (Lipinski definition) is 1. The summed E-state index contributed by atoms with van der Waals surface area (Å²) >= 11 is 0. The van der Waals surface area contributed by atoms with Crippen LogP contribution in [0.25, 0.3) is 0 Å². The lowest BCUT2D eigenvalue weighted by atomic mass is 9.75. The molecule has 1 aromatic rings. The summed E-state index contributed by atoms with van der Waals surface area (Å²) in [5.41, 5.74) is 0.519. The van der Waals surface area contributed by atoms with Gasteiger partial charge in [-0.15, -0.1) is 0 Å². The summed E-state index contributed by atoms with van der Waals surface area (Å²) < 4.78 is 27.4. The van der Waals surface area contributed by atoms with Crippen molar-refractivity contribution in [3.63, 3.8) is 0 Å². The molecule has 0 radical (unpaired) electrons. The first-order chi connectivity index (χ1) is 10.1. The number of unbranched alkanes of at least 4 members (excludes halogenated alkanes) is 1. The van der Waals surface area contributed by atoms with Crippen LogP contribution in [0.15, 0.2) is 18.2 Å². The molecule has 1 nitrogen and oxygen atoms in total. The lowest BCUT2D eigenvalue weighted by Crippen LogP contribution is -2.36. The van der Waals surface area contributed by atoms with Crippen LogP contribution in [-0.2, 0) is 6.42 Å². The Morgan fingerprint density at radius 2 is 1.86 bits per heavy atom. The Kier molecular flexibility index (Phi) is 7.87. The van der Waals surface area contributed by atoms with Crippen LogP contribution in [-0.4, -0.2) is 13.1 Å². The highest BCUT2D eigenvalue weighted by atomic mass is 19.2. The van der Waals surface area contributed by atoms with Gasteiger partial charge in [-0.25, -0.2) is 8.78 Å².